The van der Waals surface area contributed by atoms with Gasteiger partial charge in [0.25, 0.3) is 0 Å². The maximum Gasteiger partial charge on any atom is 0.237 e. The van der Waals surface area contributed by atoms with Crippen LogP contribution in [0.5, 0.6) is 11.5 Å². The summed E-state index contributed by atoms with van der Waals surface area (Å²) in [6.45, 7) is 0. The Labute approximate surface area is 116 Å². The van der Waals surface area contributed by atoms with Crippen LogP contribution in [0.15, 0.2) is 18.2 Å². The molecule has 0 aromatic heterocycles. The van der Waals surface area contributed by atoms with Gasteiger partial charge in [0.15, 0.2) is 11.5 Å². The topological polar surface area (TPSA) is 90.7 Å². The molecule has 2 rings (SSSR count). The standard InChI is InChI=1S/C13H16N2O5/c1-19-10-5-3-8(7-11(10)20-2)13-9(15(17)18)4-6-12(16)14-13/h3,5,7,9,13H,4,6H2,1-2H3,(H,14,16)/t9-,13+/m1/s1. The zero-order valence-electron chi connectivity index (χ0n) is 11.3. The van der Waals surface area contributed by atoms with Gasteiger partial charge in [0, 0.05) is 17.8 Å². The summed E-state index contributed by atoms with van der Waals surface area (Å²) in [6, 6.07) is 3.56. The number of methoxy groups -OCH3 is 2. The van der Waals surface area contributed by atoms with Crippen LogP contribution >= 0.6 is 0 Å². The molecule has 1 saturated heterocycles. The highest BCUT2D eigenvalue weighted by molar-refractivity contribution is 5.77. The van der Waals surface area contributed by atoms with E-state index in [-0.39, 0.29) is 23.7 Å². The summed E-state index contributed by atoms with van der Waals surface area (Å²) in [5.41, 5.74) is 0.636. The van der Waals surface area contributed by atoms with E-state index in [2.05, 4.69) is 5.32 Å². The molecule has 0 spiro atoms. The van der Waals surface area contributed by atoms with Gasteiger partial charge in [-0.2, -0.15) is 0 Å². The number of rotatable bonds is 4. The highest BCUT2D eigenvalue weighted by Crippen LogP contribution is 2.33. The molecule has 0 saturated carbocycles. The van der Waals surface area contributed by atoms with Crippen LogP contribution in [0.25, 0.3) is 0 Å². The number of carbonyl (C=O) groups is 1. The Hall–Kier alpha value is -2.31. The summed E-state index contributed by atoms with van der Waals surface area (Å²) >= 11 is 0. The third kappa shape index (κ3) is 2.66. The normalized spacial score (nSPS) is 22.0. The number of carbonyl (C=O) groups excluding carboxylic acids is 1. The first-order chi connectivity index (χ1) is 9.56. The highest BCUT2D eigenvalue weighted by atomic mass is 16.6. The predicted molar refractivity (Wildman–Crippen MR) is 70.4 cm³/mol. The molecule has 108 valence electrons. The molecule has 1 aliphatic rings. The van der Waals surface area contributed by atoms with Crippen molar-refractivity contribution in [2.45, 2.75) is 24.9 Å². The second-order valence-electron chi connectivity index (χ2n) is 4.55. The molecule has 1 N–H and O–H groups in total. The van der Waals surface area contributed by atoms with Gasteiger partial charge in [0.2, 0.25) is 11.9 Å². The first-order valence-electron chi connectivity index (χ1n) is 6.21. The number of hydrogen-bond acceptors (Lipinski definition) is 5. The molecule has 1 aromatic rings. The lowest BCUT2D eigenvalue weighted by molar-refractivity contribution is -0.529. The Bertz CT molecular complexity index is 531. The van der Waals surface area contributed by atoms with E-state index >= 15 is 0 Å². The van der Waals surface area contributed by atoms with Gasteiger partial charge in [-0.3, -0.25) is 14.9 Å². The largest absolute Gasteiger partial charge is 0.493 e. The molecule has 0 radical (unpaired) electrons. The van der Waals surface area contributed by atoms with Gasteiger partial charge in [-0.15, -0.1) is 0 Å². The molecule has 0 aliphatic carbocycles. The van der Waals surface area contributed by atoms with Crippen molar-refractivity contribution in [2.24, 2.45) is 0 Å². The van der Waals surface area contributed by atoms with Gasteiger partial charge in [0.05, 0.1) is 14.2 Å². The lowest BCUT2D eigenvalue weighted by atomic mass is 9.92. The predicted octanol–water partition coefficient (Wildman–Crippen LogP) is 1.30. The van der Waals surface area contributed by atoms with E-state index in [1.807, 2.05) is 0 Å². The molecule has 7 heteroatoms. The quantitative estimate of drug-likeness (QED) is 0.663. The van der Waals surface area contributed by atoms with Gasteiger partial charge < -0.3 is 14.8 Å². The average Bonchev–Trinajstić information content (AvgIpc) is 2.46. The Morgan fingerprint density at radius 3 is 2.60 bits per heavy atom. The smallest absolute Gasteiger partial charge is 0.237 e. The number of nitro groups is 1. The first kappa shape index (κ1) is 14.1. The molecule has 7 nitrogen and oxygen atoms in total. The van der Waals surface area contributed by atoms with Gasteiger partial charge in [-0.05, 0) is 17.7 Å². The van der Waals surface area contributed by atoms with E-state index in [9.17, 15) is 14.9 Å². The number of benzene rings is 1. The number of ether oxygens (including phenoxy) is 2. The van der Waals surface area contributed by atoms with E-state index in [1.165, 1.54) is 14.2 Å². The highest BCUT2D eigenvalue weighted by Gasteiger charge is 2.38. The van der Waals surface area contributed by atoms with Crippen LogP contribution in [0.1, 0.15) is 24.4 Å². The maximum absolute atomic E-state index is 11.5. The molecule has 2 atom stereocenters. The number of amides is 1. The molecule has 1 fully saturated rings. The zero-order valence-corrected chi connectivity index (χ0v) is 11.3. The SMILES string of the molecule is COc1ccc([C@@H]2NC(=O)CC[C@H]2[N+](=O)[O-])cc1OC. The second-order valence-corrected chi connectivity index (χ2v) is 4.55. The van der Waals surface area contributed by atoms with Crippen molar-refractivity contribution in [1.82, 2.24) is 5.32 Å². The van der Waals surface area contributed by atoms with Gasteiger partial charge in [-0.1, -0.05) is 6.07 Å². The minimum absolute atomic E-state index is 0.176. The van der Waals surface area contributed by atoms with Gasteiger partial charge >= 0.3 is 0 Å². The Morgan fingerprint density at radius 2 is 2.00 bits per heavy atom. The zero-order chi connectivity index (χ0) is 14.7. The Kier molecular flexibility index (Phi) is 4.07. The molecule has 1 aromatic carbocycles. The molecule has 20 heavy (non-hydrogen) atoms. The van der Waals surface area contributed by atoms with Crippen molar-refractivity contribution in [2.75, 3.05) is 14.2 Å². The minimum Gasteiger partial charge on any atom is -0.493 e. The van der Waals surface area contributed by atoms with Gasteiger partial charge in [-0.25, -0.2) is 0 Å². The summed E-state index contributed by atoms with van der Waals surface area (Å²) in [7, 11) is 3.01. The molecule has 1 aliphatic heterocycles. The Morgan fingerprint density at radius 1 is 1.30 bits per heavy atom. The molecule has 0 unspecified atom stereocenters. The lowest BCUT2D eigenvalue weighted by Crippen LogP contribution is -2.45. The summed E-state index contributed by atoms with van der Waals surface area (Å²) < 4.78 is 10.3. The maximum atomic E-state index is 11.5. The first-order valence-corrected chi connectivity index (χ1v) is 6.21. The van der Waals surface area contributed by atoms with Crippen LogP contribution in [-0.4, -0.2) is 31.1 Å². The Balaban J connectivity index is 2.36. The van der Waals surface area contributed by atoms with E-state index in [4.69, 9.17) is 9.47 Å². The van der Waals surface area contributed by atoms with Crippen molar-refractivity contribution in [3.05, 3.63) is 33.9 Å². The van der Waals surface area contributed by atoms with E-state index < -0.39 is 12.1 Å². The fourth-order valence-corrected chi connectivity index (χ4v) is 2.37. The molecule has 1 amide bonds. The summed E-state index contributed by atoms with van der Waals surface area (Å²) in [4.78, 5) is 22.3. The molecular weight excluding hydrogens is 264 g/mol. The second kappa shape index (κ2) is 5.77. The third-order valence-corrected chi connectivity index (χ3v) is 3.41. The molecular formula is C13H16N2O5. The number of hydrogen-bond donors (Lipinski definition) is 1. The van der Waals surface area contributed by atoms with Crippen molar-refractivity contribution < 1.29 is 19.2 Å². The van der Waals surface area contributed by atoms with E-state index in [0.717, 1.165) is 0 Å². The third-order valence-electron chi connectivity index (χ3n) is 3.41. The van der Waals surface area contributed by atoms with Crippen molar-refractivity contribution in [3.8, 4) is 11.5 Å². The van der Waals surface area contributed by atoms with Crippen molar-refractivity contribution in [3.63, 3.8) is 0 Å². The number of nitrogens with one attached hydrogen (secondary N) is 1. The minimum atomic E-state index is -0.828. The molecule has 0 bridgehead atoms. The van der Waals surface area contributed by atoms with Crippen LogP contribution in [0.4, 0.5) is 0 Å². The van der Waals surface area contributed by atoms with Crippen LogP contribution in [0, 0.1) is 10.1 Å². The van der Waals surface area contributed by atoms with Crippen LogP contribution in [0.3, 0.4) is 0 Å². The van der Waals surface area contributed by atoms with Crippen LogP contribution in [-0.2, 0) is 4.79 Å². The summed E-state index contributed by atoms with van der Waals surface area (Å²) in [5, 5.41) is 13.8. The fraction of sp³-hybridized carbons (Fsp3) is 0.462. The van der Waals surface area contributed by atoms with Crippen molar-refractivity contribution >= 4 is 5.91 Å². The molecule has 1 heterocycles. The summed E-state index contributed by atoms with van der Waals surface area (Å²) in [6.07, 6.45) is 0.410. The van der Waals surface area contributed by atoms with E-state index in [0.29, 0.717) is 17.1 Å². The summed E-state index contributed by atoms with van der Waals surface area (Å²) in [5.74, 6) is 0.839. The van der Waals surface area contributed by atoms with Crippen LogP contribution in [0.2, 0.25) is 0 Å². The number of nitrogens with zero attached hydrogens (tertiary/aromatic N) is 1. The van der Waals surface area contributed by atoms with Crippen molar-refractivity contribution in [1.29, 1.82) is 0 Å². The van der Waals surface area contributed by atoms with Gasteiger partial charge in [0.1, 0.15) is 6.04 Å². The van der Waals surface area contributed by atoms with Crippen LogP contribution < -0.4 is 14.8 Å². The fourth-order valence-electron chi connectivity index (χ4n) is 2.37. The van der Waals surface area contributed by atoms with E-state index in [1.54, 1.807) is 18.2 Å². The lowest BCUT2D eigenvalue weighted by Gasteiger charge is -2.27. The average molecular weight is 280 g/mol. The number of piperidine rings is 1. The monoisotopic (exact) mass is 280 g/mol.